The van der Waals surface area contributed by atoms with Crippen LogP contribution in [0.25, 0.3) is 0 Å². The molecular formula is C10H18F3NO5S. The molecule has 0 fully saturated rings. The highest BCUT2D eigenvalue weighted by atomic mass is 32.2. The van der Waals surface area contributed by atoms with Crippen LogP contribution in [0.4, 0.5) is 13.2 Å². The summed E-state index contributed by atoms with van der Waals surface area (Å²) < 4.78 is 64.6. The van der Waals surface area contributed by atoms with E-state index in [9.17, 15) is 18.0 Å². The Kier molecular flexibility index (Phi) is 7.46. The maximum absolute atomic E-state index is 11.1. The fourth-order valence-corrected chi connectivity index (χ4v) is 0.414. The first-order valence-corrected chi connectivity index (χ1v) is 6.60. The summed E-state index contributed by atoms with van der Waals surface area (Å²) in [7, 11) is -0.184. The molecule has 0 saturated heterocycles. The van der Waals surface area contributed by atoms with Gasteiger partial charge in [0.2, 0.25) is 6.23 Å². The fraction of sp³-hybridized carbons (Fsp3) is 0.700. The summed E-state index contributed by atoms with van der Waals surface area (Å²) >= 11 is 0. The maximum atomic E-state index is 11.1. The first kappa shape index (κ1) is 21.2. The molecule has 0 aliphatic heterocycles. The number of quaternary nitrogens is 1. The molecule has 0 aliphatic rings. The van der Waals surface area contributed by atoms with E-state index in [2.05, 4.69) is 6.58 Å². The van der Waals surface area contributed by atoms with E-state index in [1.54, 1.807) is 6.92 Å². The van der Waals surface area contributed by atoms with Crippen molar-refractivity contribution in [3.8, 4) is 0 Å². The molecule has 0 aliphatic carbocycles. The lowest BCUT2D eigenvalue weighted by atomic mass is 10.3. The molecule has 0 saturated carbocycles. The van der Waals surface area contributed by atoms with Gasteiger partial charge in [0.25, 0.3) is 0 Å². The van der Waals surface area contributed by atoms with Gasteiger partial charge >= 0.3 is 11.5 Å². The summed E-state index contributed by atoms with van der Waals surface area (Å²) in [6.07, 6.45) is -0.144. The first-order chi connectivity index (χ1) is 8.50. The van der Waals surface area contributed by atoms with Crippen LogP contribution in [-0.4, -0.2) is 56.3 Å². The van der Waals surface area contributed by atoms with Crippen LogP contribution < -0.4 is 0 Å². The Morgan fingerprint density at radius 2 is 1.60 bits per heavy atom. The number of alkyl halides is 3. The van der Waals surface area contributed by atoms with E-state index in [-0.39, 0.29) is 12.2 Å². The Morgan fingerprint density at radius 3 is 1.75 bits per heavy atom. The molecular weight excluding hydrogens is 303 g/mol. The number of esters is 1. The number of hydrogen-bond donors (Lipinski definition) is 0. The van der Waals surface area contributed by atoms with Crippen molar-refractivity contribution in [3.05, 3.63) is 12.2 Å². The highest BCUT2D eigenvalue weighted by Gasteiger charge is 2.36. The normalized spacial score (nSPS) is 13.8. The highest BCUT2D eigenvalue weighted by molar-refractivity contribution is 7.86. The van der Waals surface area contributed by atoms with Crippen molar-refractivity contribution in [2.45, 2.75) is 25.6 Å². The number of carbonyl (C=O) groups excluding carboxylic acids is 1. The summed E-state index contributed by atoms with van der Waals surface area (Å²) in [5, 5.41) is 0. The zero-order valence-corrected chi connectivity index (χ0v) is 12.6. The molecule has 0 heterocycles. The third-order valence-electron chi connectivity index (χ3n) is 2.00. The zero-order valence-electron chi connectivity index (χ0n) is 11.8. The molecule has 0 radical (unpaired) electrons. The van der Waals surface area contributed by atoms with Gasteiger partial charge in [-0.25, -0.2) is 13.2 Å². The number of halogens is 3. The van der Waals surface area contributed by atoms with Crippen LogP contribution in [0.2, 0.25) is 0 Å². The Balaban J connectivity index is 0. The predicted octanol–water partition coefficient (Wildman–Crippen LogP) is 1.21. The minimum atomic E-state index is -6.09. The Bertz CT molecular complexity index is 450. The third kappa shape index (κ3) is 8.88. The summed E-state index contributed by atoms with van der Waals surface area (Å²) in [4.78, 5) is 11.1. The molecule has 20 heavy (non-hydrogen) atoms. The molecule has 10 heteroatoms. The zero-order chi connectivity index (χ0) is 16.9. The van der Waals surface area contributed by atoms with Gasteiger partial charge in [-0.3, -0.25) is 4.48 Å². The SMILES string of the molecule is C=C(C)C(=O)OC(C)[N+](C)(C)C.O=S(=O)([O-])C(F)(F)F. The van der Waals surface area contributed by atoms with Gasteiger partial charge < -0.3 is 9.29 Å². The molecule has 0 spiro atoms. The maximum Gasteiger partial charge on any atom is 0.485 e. The molecule has 0 rings (SSSR count). The van der Waals surface area contributed by atoms with Crippen molar-refractivity contribution in [2.24, 2.45) is 0 Å². The largest absolute Gasteiger partial charge is 0.741 e. The van der Waals surface area contributed by atoms with E-state index in [1.807, 2.05) is 28.1 Å². The summed E-state index contributed by atoms with van der Waals surface area (Å²) in [5.41, 5.74) is -5.21. The minimum absolute atomic E-state index is 0.144. The van der Waals surface area contributed by atoms with Crippen LogP contribution in [0.3, 0.4) is 0 Å². The molecule has 0 aromatic rings. The molecule has 0 amide bonds. The molecule has 0 bridgehead atoms. The first-order valence-electron chi connectivity index (χ1n) is 5.20. The third-order valence-corrected chi connectivity index (χ3v) is 2.57. The van der Waals surface area contributed by atoms with Gasteiger partial charge in [0, 0.05) is 12.5 Å². The average molecular weight is 321 g/mol. The van der Waals surface area contributed by atoms with Gasteiger partial charge in [-0.05, 0) is 6.92 Å². The lowest BCUT2D eigenvalue weighted by Gasteiger charge is -2.30. The highest BCUT2D eigenvalue weighted by Crippen LogP contribution is 2.20. The van der Waals surface area contributed by atoms with E-state index in [0.717, 1.165) is 0 Å². The van der Waals surface area contributed by atoms with Crippen molar-refractivity contribution in [2.75, 3.05) is 21.1 Å². The van der Waals surface area contributed by atoms with Crippen LogP contribution in [0.15, 0.2) is 12.2 Å². The monoisotopic (exact) mass is 321 g/mol. The lowest BCUT2D eigenvalue weighted by molar-refractivity contribution is -0.914. The van der Waals surface area contributed by atoms with Crippen LogP contribution in [-0.2, 0) is 19.6 Å². The van der Waals surface area contributed by atoms with Gasteiger partial charge in [0.15, 0.2) is 10.1 Å². The molecule has 0 aromatic heterocycles. The van der Waals surface area contributed by atoms with Gasteiger partial charge in [-0.1, -0.05) is 6.58 Å². The fourth-order valence-electron chi connectivity index (χ4n) is 0.414. The van der Waals surface area contributed by atoms with E-state index in [4.69, 9.17) is 17.7 Å². The van der Waals surface area contributed by atoms with E-state index >= 15 is 0 Å². The minimum Gasteiger partial charge on any atom is -0.741 e. The van der Waals surface area contributed by atoms with Crippen LogP contribution in [0, 0.1) is 0 Å². The second-order valence-electron chi connectivity index (χ2n) is 4.80. The van der Waals surface area contributed by atoms with E-state index in [1.165, 1.54) is 0 Å². The quantitative estimate of drug-likeness (QED) is 0.195. The topological polar surface area (TPSA) is 83.5 Å². The van der Waals surface area contributed by atoms with Gasteiger partial charge in [0.05, 0.1) is 21.1 Å². The Hall–Kier alpha value is -1.13. The standard InChI is InChI=1S/C9H18NO2.CHF3O3S/c1-7(2)9(11)12-8(3)10(4,5)6;2-1(3,4)8(5,6)7/h8H,1H2,2-6H3;(H,5,6,7)/q+1;/p-1. The average Bonchev–Trinajstić information content (AvgIpc) is 2.13. The Labute approximate surface area is 116 Å². The number of hydrogen-bond acceptors (Lipinski definition) is 5. The van der Waals surface area contributed by atoms with Crippen LogP contribution >= 0.6 is 0 Å². The van der Waals surface area contributed by atoms with Crippen molar-refractivity contribution < 1.29 is 40.2 Å². The number of carbonyl (C=O) groups is 1. The van der Waals surface area contributed by atoms with Gasteiger partial charge in [-0.2, -0.15) is 13.2 Å². The van der Waals surface area contributed by atoms with Crippen LogP contribution in [0.5, 0.6) is 0 Å². The van der Waals surface area contributed by atoms with Crippen molar-refractivity contribution in [1.29, 1.82) is 0 Å². The van der Waals surface area contributed by atoms with Gasteiger partial charge in [0.1, 0.15) is 0 Å². The van der Waals surface area contributed by atoms with Crippen molar-refractivity contribution >= 4 is 16.1 Å². The second-order valence-corrected chi connectivity index (χ2v) is 6.17. The molecule has 120 valence electrons. The second kappa shape index (κ2) is 7.04. The number of ether oxygens (including phenoxy) is 1. The summed E-state index contributed by atoms with van der Waals surface area (Å²) in [5.74, 6) is -0.324. The molecule has 6 nitrogen and oxygen atoms in total. The molecule has 0 N–H and O–H groups in total. The summed E-state index contributed by atoms with van der Waals surface area (Å²) in [6, 6.07) is 0. The molecule has 1 unspecified atom stereocenters. The number of rotatable bonds is 3. The van der Waals surface area contributed by atoms with E-state index < -0.39 is 15.6 Å². The number of nitrogens with zero attached hydrogens (tertiary/aromatic N) is 1. The van der Waals surface area contributed by atoms with Crippen molar-refractivity contribution in [3.63, 3.8) is 0 Å². The predicted molar refractivity (Wildman–Crippen MR) is 64.2 cm³/mol. The molecule has 1 atom stereocenters. The van der Waals surface area contributed by atoms with Gasteiger partial charge in [-0.15, -0.1) is 0 Å². The Morgan fingerprint density at radius 1 is 1.30 bits per heavy atom. The molecule has 0 aromatic carbocycles. The van der Waals surface area contributed by atoms with Crippen molar-refractivity contribution in [1.82, 2.24) is 0 Å². The lowest BCUT2D eigenvalue weighted by Crippen LogP contribution is -2.45. The smallest absolute Gasteiger partial charge is 0.485 e. The summed E-state index contributed by atoms with van der Waals surface area (Å²) in [6.45, 7) is 7.01. The van der Waals surface area contributed by atoms with E-state index in [0.29, 0.717) is 10.1 Å². The van der Waals surface area contributed by atoms with Crippen LogP contribution in [0.1, 0.15) is 13.8 Å².